The summed E-state index contributed by atoms with van der Waals surface area (Å²) in [6.45, 7) is 1.73. The number of nitrogens with one attached hydrogen (secondary N) is 2. The minimum Gasteiger partial charge on any atom is -0.507 e. The Bertz CT molecular complexity index is 1580. The van der Waals surface area contributed by atoms with Crippen molar-refractivity contribution in [3.05, 3.63) is 89.9 Å². The molecule has 8 heteroatoms. The first kappa shape index (κ1) is 22.1. The van der Waals surface area contributed by atoms with Crippen LogP contribution >= 0.6 is 0 Å². The highest BCUT2D eigenvalue weighted by Gasteiger charge is 2.15. The molecule has 2 heterocycles. The topological polar surface area (TPSA) is 100 Å². The van der Waals surface area contributed by atoms with Gasteiger partial charge < -0.3 is 20.1 Å². The third-order valence-electron chi connectivity index (χ3n) is 5.71. The van der Waals surface area contributed by atoms with Gasteiger partial charge in [-0.3, -0.25) is 4.79 Å². The number of hydrogen-bond donors (Lipinski definition) is 3. The smallest absolute Gasteiger partial charge is 0.255 e. The fraction of sp³-hybridized carbons (Fsp3) is 0.0741. The van der Waals surface area contributed by atoms with E-state index in [4.69, 9.17) is 4.74 Å². The number of aromatic hydroxyl groups is 1. The van der Waals surface area contributed by atoms with E-state index in [1.807, 2.05) is 12.1 Å². The molecule has 3 aromatic carbocycles. The van der Waals surface area contributed by atoms with Crippen LogP contribution in [0, 0.1) is 12.7 Å². The molecule has 0 aliphatic rings. The standard InChI is InChI=1S/C27H21FN4O3/c1-15-12-18(28)7-9-21(15)32-26(34)17-5-8-22-23(14-17)31-25(30-22)20-13-16(6-10-24(20)33)19-4-3-11-29-27(19)35-2/h3-14,33H,1-2H3,(H,30,31)(H,32,34). The molecule has 2 aromatic heterocycles. The number of nitrogens with zero attached hydrogens (tertiary/aromatic N) is 2. The van der Waals surface area contributed by atoms with Gasteiger partial charge in [-0.15, -0.1) is 0 Å². The van der Waals surface area contributed by atoms with Gasteiger partial charge in [0.15, 0.2) is 0 Å². The quantitative estimate of drug-likeness (QED) is 0.307. The number of hydrogen-bond acceptors (Lipinski definition) is 5. The number of methoxy groups -OCH3 is 1. The molecule has 35 heavy (non-hydrogen) atoms. The maximum atomic E-state index is 13.4. The van der Waals surface area contributed by atoms with Crippen molar-refractivity contribution in [1.82, 2.24) is 15.0 Å². The predicted molar refractivity (Wildman–Crippen MR) is 132 cm³/mol. The van der Waals surface area contributed by atoms with Crippen molar-refractivity contribution < 1.29 is 19.0 Å². The molecular weight excluding hydrogens is 447 g/mol. The summed E-state index contributed by atoms with van der Waals surface area (Å²) in [6.07, 6.45) is 1.65. The van der Waals surface area contributed by atoms with Gasteiger partial charge in [0.05, 0.1) is 23.7 Å². The molecule has 0 spiro atoms. The second kappa shape index (κ2) is 8.90. The summed E-state index contributed by atoms with van der Waals surface area (Å²) in [5.74, 6) is 0.287. The van der Waals surface area contributed by atoms with E-state index < -0.39 is 0 Å². The zero-order valence-electron chi connectivity index (χ0n) is 19.0. The predicted octanol–water partition coefficient (Wildman–Crippen LogP) is 5.71. The number of ether oxygens (including phenoxy) is 1. The number of pyridine rings is 1. The molecule has 0 radical (unpaired) electrons. The van der Waals surface area contributed by atoms with Crippen molar-refractivity contribution in [2.24, 2.45) is 0 Å². The lowest BCUT2D eigenvalue weighted by Gasteiger charge is -2.09. The van der Waals surface area contributed by atoms with E-state index in [-0.39, 0.29) is 17.5 Å². The van der Waals surface area contributed by atoms with Crippen LogP contribution in [0.3, 0.4) is 0 Å². The summed E-state index contributed by atoms with van der Waals surface area (Å²) in [7, 11) is 1.55. The molecule has 0 aliphatic carbocycles. The first-order valence-electron chi connectivity index (χ1n) is 10.8. The van der Waals surface area contributed by atoms with Crippen LogP contribution in [0.25, 0.3) is 33.5 Å². The van der Waals surface area contributed by atoms with E-state index >= 15 is 0 Å². The number of fused-ring (bicyclic) bond motifs is 1. The number of anilines is 1. The van der Waals surface area contributed by atoms with Crippen molar-refractivity contribution in [3.63, 3.8) is 0 Å². The summed E-state index contributed by atoms with van der Waals surface area (Å²) in [6, 6.07) is 18.1. The number of imidazole rings is 1. The Hall–Kier alpha value is -4.72. The summed E-state index contributed by atoms with van der Waals surface area (Å²) in [5.41, 5.74) is 4.91. The highest BCUT2D eigenvalue weighted by Crippen LogP contribution is 2.35. The summed E-state index contributed by atoms with van der Waals surface area (Å²) < 4.78 is 18.7. The fourth-order valence-electron chi connectivity index (χ4n) is 3.90. The number of aromatic nitrogens is 3. The number of H-pyrrole nitrogens is 1. The zero-order valence-corrected chi connectivity index (χ0v) is 19.0. The number of phenols is 1. The fourth-order valence-corrected chi connectivity index (χ4v) is 3.90. The Morgan fingerprint density at radius 2 is 1.91 bits per heavy atom. The van der Waals surface area contributed by atoms with Crippen molar-refractivity contribution in [2.45, 2.75) is 6.92 Å². The van der Waals surface area contributed by atoms with Gasteiger partial charge in [-0.2, -0.15) is 0 Å². The molecule has 7 nitrogen and oxygen atoms in total. The van der Waals surface area contributed by atoms with Gasteiger partial charge in [0.1, 0.15) is 17.4 Å². The number of carbonyl (C=O) groups excluding carboxylic acids is 1. The van der Waals surface area contributed by atoms with E-state index in [0.29, 0.717) is 45.1 Å². The second-order valence-electron chi connectivity index (χ2n) is 8.02. The lowest BCUT2D eigenvalue weighted by atomic mass is 10.0. The van der Waals surface area contributed by atoms with E-state index in [1.165, 1.54) is 18.2 Å². The molecule has 5 aromatic rings. The number of halogens is 1. The first-order valence-corrected chi connectivity index (χ1v) is 10.8. The average Bonchev–Trinajstić information content (AvgIpc) is 3.29. The zero-order chi connectivity index (χ0) is 24.5. The van der Waals surface area contributed by atoms with Crippen LogP contribution < -0.4 is 10.1 Å². The molecule has 0 saturated heterocycles. The molecule has 1 amide bonds. The second-order valence-corrected chi connectivity index (χ2v) is 8.02. The Balaban J connectivity index is 1.48. The molecule has 174 valence electrons. The van der Waals surface area contributed by atoms with Crippen LogP contribution in [0.5, 0.6) is 11.6 Å². The maximum absolute atomic E-state index is 13.4. The first-order chi connectivity index (χ1) is 16.9. The van der Waals surface area contributed by atoms with Crippen LogP contribution in [-0.2, 0) is 0 Å². The molecule has 0 saturated carbocycles. The number of aromatic amines is 1. The summed E-state index contributed by atoms with van der Waals surface area (Å²) in [4.78, 5) is 24.8. The molecule has 3 N–H and O–H groups in total. The third-order valence-corrected chi connectivity index (χ3v) is 5.71. The third kappa shape index (κ3) is 4.29. The molecule has 0 atom stereocenters. The summed E-state index contributed by atoms with van der Waals surface area (Å²) in [5, 5.41) is 13.3. The van der Waals surface area contributed by atoms with Crippen LogP contribution in [0.15, 0.2) is 72.9 Å². The van der Waals surface area contributed by atoms with Gasteiger partial charge in [0.25, 0.3) is 5.91 Å². The normalized spacial score (nSPS) is 10.9. The van der Waals surface area contributed by atoms with Crippen molar-refractivity contribution in [1.29, 1.82) is 0 Å². The Morgan fingerprint density at radius 1 is 1.06 bits per heavy atom. The minimum absolute atomic E-state index is 0.0559. The van der Waals surface area contributed by atoms with Gasteiger partial charge in [0, 0.05) is 23.0 Å². The largest absolute Gasteiger partial charge is 0.507 e. The van der Waals surface area contributed by atoms with Crippen molar-refractivity contribution in [2.75, 3.05) is 12.4 Å². The Kier molecular flexibility index (Phi) is 5.62. The van der Waals surface area contributed by atoms with Gasteiger partial charge in [-0.05, 0) is 78.7 Å². The molecule has 0 fully saturated rings. The van der Waals surface area contributed by atoms with Gasteiger partial charge in [0.2, 0.25) is 5.88 Å². The van der Waals surface area contributed by atoms with Crippen molar-refractivity contribution >= 4 is 22.6 Å². The number of rotatable bonds is 5. The minimum atomic E-state index is -0.361. The van der Waals surface area contributed by atoms with Crippen molar-refractivity contribution in [3.8, 4) is 34.1 Å². The highest BCUT2D eigenvalue weighted by molar-refractivity contribution is 6.06. The monoisotopic (exact) mass is 468 g/mol. The highest BCUT2D eigenvalue weighted by atomic mass is 19.1. The number of benzene rings is 3. The van der Waals surface area contributed by atoms with Crippen LogP contribution in [-0.4, -0.2) is 33.1 Å². The lowest BCUT2D eigenvalue weighted by Crippen LogP contribution is -2.12. The average molecular weight is 468 g/mol. The molecule has 0 unspecified atom stereocenters. The molecule has 0 bridgehead atoms. The lowest BCUT2D eigenvalue weighted by molar-refractivity contribution is 0.102. The van der Waals surface area contributed by atoms with E-state index in [9.17, 15) is 14.3 Å². The maximum Gasteiger partial charge on any atom is 0.255 e. The molecular formula is C27H21FN4O3. The van der Waals surface area contributed by atoms with E-state index in [1.54, 1.807) is 56.6 Å². The van der Waals surface area contributed by atoms with E-state index in [0.717, 1.165) is 11.1 Å². The molecule has 5 rings (SSSR count). The summed E-state index contributed by atoms with van der Waals surface area (Å²) >= 11 is 0. The number of carbonyl (C=O) groups is 1. The SMILES string of the molecule is COc1ncccc1-c1ccc(O)c(-c2nc3cc(C(=O)Nc4ccc(F)cc4C)ccc3[nH]2)c1. The number of aryl methyl sites for hydroxylation is 1. The van der Waals surface area contributed by atoms with Crippen LogP contribution in [0.1, 0.15) is 15.9 Å². The number of phenolic OH excluding ortho intramolecular Hbond substituents is 1. The molecule has 0 aliphatic heterocycles. The van der Waals surface area contributed by atoms with Crippen LogP contribution in [0.4, 0.5) is 10.1 Å². The van der Waals surface area contributed by atoms with E-state index in [2.05, 4.69) is 20.3 Å². The Labute approximate surface area is 200 Å². The van der Waals surface area contributed by atoms with Gasteiger partial charge in [-0.25, -0.2) is 14.4 Å². The van der Waals surface area contributed by atoms with Gasteiger partial charge in [-0.1, -0.05) is 6.07 Å². The number of amides is 1. The Morgan fingerprint density at radius 3 is 2.71 bits per heavy atom. The van der Waals surface area contributed by atoms with Crippen LogP contribution in [0.2, 0.25) is 0 Å². The van der Waals surface area contributed by atoms with Gasteiger partial charge >= 0.3 is 0 Å².